The van der Waals surface area contributed by atoms with Gasteiger partial charge in [0.2, 0.25) is 5.91 Å². The number of hydrogen-bond acceptors (Lipinski definition) is 5. The van der Waals surface area contributed by atoms with E-state index in [1.165, 1.54) is 0 Å². The number of carbonyl (C=O) groups is 1. The summed E-state index contributed by atoms with van der Waals surface area (Å²) >= 11 is 1.62. The molecule has 1 aromatic heterocycles. The van der Waals surface area contributed by atoms with E-state index in [9.17, 15) is 4.79 Å². The minimum Gasteiger partial charge on any atom is -0.375 e. The number of nitrogens with zero attached hydrogens (tertiary/aromatic N) is 3. The van der Waals surface area contributed by atoms with Crippen LogP contribution in [0.5, 0.6) is 0 Å². The normalized spacial score (nSPS) is 15.3. The number of amides is 1. The van der Waals surface area contributed by atoms with Crippen molar-refractivity contribution in [1.29, 1.82) is 0 Å². The number of aromatic nitrogens is 1. The summed E-state index contributed by atoms with van der Waals surface area (Å²) in [5.41, 5.74) is 2.89. The van der Waals surface area contributed by atoms with Crippen LogP contribution in [0.3, 0.4) is 0 Å². The molecule has 0 aliphatic heterocycles. The molecular weight excluding hydrogens is 410 g/mol. The quantitative estimate of drug-likeness (QED) is 0.449. The molecule has 1 heterocycles. The first-order chi connectivity index (χ1) is 15.0. The third-order valence-electron chi connectivity index (χ3n) is 5.45. The van der Waals surface area contributed by atoms with Crippen molar-refractivity contribution in [3.05, 3.63) is 45.9 Å². The zero-order valence-corrected chi connectivity index (χ0v) is 19.7. The van der Waals surface area contributed by atoms with Gasteiger partial charge in [0.1, 0.15) is 11.1 Å². The monoisotopic (exact) mass is 443 g/mol. The van der Waals surface area contributed by atoms with Crippen molar-refractivity contribution >= 4 is 28.9 Å². The third kappa shape index (κ3) is 6.51. The molecule has 31 heavy (non-hydrogen) atoms. The molecular formula is C23H33N5O2S. The number of ether oxygens (including phenoxy) is 1. The zero-order chi connectivity index (χ0) is 22.2. The fourth-order valence-electron chi connectivity index (χ4n) is 3.30. The second-order valence-electron chi connectivity index (χ2n) is 7.90. The molecule has 1 fully saturated rings. The molecule has 0 spiro atoms. The Morgan fingerprint density at radius 2 is 2.23 bits per heavy atom. The molecule has 8 heteroatoms. The number of benzene rings is 1. The van der Waals surface area contributed by atoms with E-state index in [0.29, 0.717) is 13.1 Å². The maximum Gasteiger partial charge on any atom is 0.227 e. The number of anilines is 1. The minimum atomic E-state index is 0.00280. The van der Waals surface area contributed by atoms with Crippen LogP contribution in [-0.4, -0.2) is 42.5 Å². The van der Waals surface area contributed by atoms with Crippen molar-refractivity contribution in [1.82, 2.24) is 15.2 Å². The highest BCUT2D eigenvalue weighted by Gasteiger charge is 2.25. The number of nitrogens with one attached hydrogen (secondary N) is 2. The Morgan fingerprint density at radius 3 is 2.90 bits per heavy atom. The van der Waals surface area contributed by atoms with E-state index in [0.717, 1.165) is 53.7 Å². The molecule has 2 N–H and O–H groups in total. The van der Waals surface area contributed by atoms with Crippen LogP contribution in [0.4, 0.5) is 5.69 Å². The summed E-state index contributed by atoms with van der Waals surface area (Å²) in [6.07, 6.45) is 3.15. The SMILES string of the molecule is CCNC(=NCc1cccc(NC(=O)C2CCC2)c1)N(C)Cc1csc(C(C)OC)n1. The molecule has 168 valence electrons. The Morgan fingerprint density at radius 1 is 1.42 bits per heavy atom. The van der Waals surface area contributed by atoms with Crippen LogP contribution >= 0.6 is 11.3 Å². The second-order valence-corrected chi connectivity index (χ2v) is 8.79. The predicted octanol–water partition coefficient (Wildman–Crippen LogP) is 4.19. The van der Waals surface area contributed by atoms with Gasteiger partial charge < -0.3 is 20.3 Å². The Bertz CT molecular complexity index is 894. The largest absolute Gasteiger partial charge is 0.375 e. The van der Waals surface area contributed by atoms with Gasteiger partial charge in [0.15, 0.2) is 5.96 Å². The van der Waals surface area contributed by atoms with Crippen LogP contribution < -0.4 is 10.6 Å². The van der Waals surface area contributed by atoms with Gasteiger partial charge in [-0.1, -0.05) is 18.6 Å². The first kappa shape index (κ1) is 23.2. The smallest absolute Gasteiger partial charge is 0.227 e. The summed E-state index contributed by atoms with van der Waals surface area (Å²) in [4.78, 5) is 23.8. The highest BCUT2D eigenvalue weighted by molar-refractivity contribution is 7.09. The highest BCUT2D eigenvalue weighted by atomic mass is 32.1. The molecule has 1 aromatic carbocycles. The van der Waals surface area contributed by atoms with E-state index < -0.39 is 0 Å². The Hall–Kier alpha value is -2.45. The molecule has 0 saturated heterocycles. The summed E-state index contributed by atoms with van der Waals surface area (Å²) in [5, 5.41) is 9.43. The highest BCUT2D eigenvalue weighted by Crippen LogP contribution is 2.27. The third-order valence-corrected chi connectivity index (χ3v) is 6.50. The van der Waals surface area contributed by atoms with E-state index in [1.807, 2.05) is 38.2 Å². The lowest BCUT2D eigenvalue weighted by Gasteiger charge is -2.24. The van der Waals surface area contributed by atoms with Crippen molar-refractivity contribution in [2.24, 2.45) is 10.9 Å². The van der Waals surface area contributed by atoms with Gasteiger partial charge in [-0.2, -0.15) is 0 Å². The van der Waals surface area contributed by atoms with Gasteiger partial charge in [-0.25, -0.2) is 9.98 Å². The van der Waals surface area contributed by atoms with Crippen LogP contribution in [0.2, 0.25) is 0 Å². The second kappa shape index (κ2) is 11.2. The lowest BCUT2D eigenvalue weighted by molar-refractivity contribution is -0.122. The summed E-state index contributed by atoms with van der Waals surface area (Å²) < 4.78 is 5.36. The molecule has 1 saturated carbocycles. The number of aliphatic imine (C=N–C) groups is 1. The van der Waals surface area contributed by atoms with Gasteiger partial charge in [-0.3, -0.25) is 4.79 Å². The average molecular weight is 444 g/mol. The van der Waals surface area contributed by atoms with E-state index in [2.05, 4.69) is 32.8 Å². The van der Waals surface area contributed by atoms with Crippen molar-refractivity contribution in [2.75, 3.05) is 26.0 Å². The fraction of sp³-hybridized carbons (Fsp3) is 0.522. The summed E-state index contributed by atoms with van der Waals surface area (Å²) in [6.45, 7) is 6.03. The van der Waals surface area contributed by atoms with Gasteiger partial charge in [-0.15, -0.1) is 11.3 Å². The van der Waals surface area contributed by atoms with Gasteiger partial charge >= 0.3 is 0 Å². The Balaban J connectivity index is 1.62. The van der Waals surface area contributed by atoms with E-state index in [4.69, 9.17) is 9.73 Å². The molecule has 0 bridgehead atoms. The summed E-state index contributed by atoms with van der Waals surface area (Å²) in [6, 6.07) is 7.93. The maximum atomic E-state index is 12.2. The van der Waals surface area contributed by atoms with Crippen LogP contribution in [0.25, 0.3) is 0 Å². The van der Waals surface area contributed by atoms with Crippen molar-refractivity contribution in [3.63, 3.8) is 0 Å². The topological polar surface area (TPSA) is 78.9 Å². The first-order valence-electron chi connectivity index (χ1n) is 10.9. The number of guanidine groups is 1. The number of thiazole rings is 1. The maximum absolute atomic E-state index is 12.2. The van der Waals surface area contributed by atoms with Gasteiger partial charge in [-0.05, 0) is 44.4 Å². The molecule has 1 aliphatic rings. The van der Waals surface area contributed by atoms with Gasteiger partial charge in [0.25, 0.3) is 0 Å². The average Bonchev–Trinajstić information content (AvgIpc) is 3.17. The molecule has 1 unspecified atom stereocenters. The summed E-state index contributed by atoms with van der Waals surface area (Å²) in [7, 11) is 3.71. The van der Waals surface area contributed by atoms with Crippen LogP contribution in [0, 0.1) is 5.92 Å². The molecule has 3 rings (SSSR count). The van der Waals surface area contributed by atoms with E-state index in [1.54, 1.807) is 18.4 Å². The van der Waals surface area contributed by atoms with Crippen molar-refractivity contribution in [3.8, 4) is 0 Å². The van der Waals surface area contributed by atoms with Crippen LogP contribution in [-0.2, 0) is 22.6 Å². The molecule has 0 radical (unpaired) electrons. The fourth-order valence-corrected chi connectivity index (χ4v) is 4.14. The molecule has 2 aromatic rings. The number of hydrogen-bond donors (Lipinski definition) is 2. The standard InChI is InChI=1S/C23H33N5O2S/c1-5-24-23(28(3)14-20-15-31-22(27-20)16(2)30-4)25-13-17-8-6-11-19(12-17)26-21(29)18-9-7-10-18/h6,8,11-12,15-16,18H,5,7,9-10,13-14H2,1-4H3,(H,24,25)(H,26,29). The van der Waals surface area contributed by atoms with E-state index in [-0.39, 0.29) is 17.9 Å². The lowest BCUT2D eigenvalue weighted by atomic mass is 9.85. The van der Waals surface area contributed by atoms with E-state index >= 15 is 0 Å². The zero-order valence-electron chi connectivity index (χ0n) is 18.9. The molecule has 1 atom stereocenters. The van der Waals surface area contributed by atoms with Crippen LogP contribution in [0.1, 0.15) is 55.5 Å². The Labute approximate surface area is 188 Å². The predicted molar refractivity (Wildman–Crippen MR) is 126 cm³/mol. The lowest BCUT2D eigenvalue weighted by Crippen LogP contribution is -2.38. The molecule has 1 aliphatic carbocycles. The van der Waals surface area contributed by atoms with Crippen molar-refractivity contribution < 1.29 is 9.53 Å². The Kier molecular flexibility index (Phi) is 8.43. The van der Waals surface area contributed by atoms with Crippen LogP contribution in [0.15, 0.2) is 34.6 Å². The van der Waals surface area contributed by atoms with Crippen molar-refractivity contribution in [2.45, 2.75) is 52.3 Å². The molecule has 7 nitrogen and oxygen atoms in total. The minimum absolute atomic E-state index is 0.00280. The first-order valence-corrected chi connectivity index (χ1v) is 11.7. The number of rotatable bonds is 9. The number of carbonyl (C=O) groups excluding carboxylic acids is 1. The number of methoxy groups -OCH3 is 1. The van der Waals surface area contributed by atoms with Gasteiger partial charge in [0.05, 0.1) is 18.8 Å². The molecule has 1 amide bonds. The summed E-state index contributed by atoms with van der Waals surface area (Å²) in [5.74, 6) is 1.12. The van der Waals surface area contributed by atoms with Gasteiger partial charge in [0, 0.05) is 37.7 Å².